The summed E-state index contributed by atoms with van der Waals surface area (Å²) >= 11 is 0. The number of morpholine rings is 1. The summed E-state index contributed by atoms with van der Waals surface area (Å²) in [5.41, 5.74) is 3.59. The number of rotatable bonds is 7. The van der Waals surface area contributed by atoms with Crippen LogP contribution in [0.15, 0.2) is 23.3 Å². The number of benzene rings is 1. The Bertz CT molecular complexity index is 795. The summed E-state index contributed by atoms with van der Waals surface area (Å²) in [6.45, 7) is 2.68. The van der Waals surface area contributed by atoms with E-state index in [0.29, 0.717) is 43.8 Å². The van der Waals surface area contributed by atoms with Gasteiger partial charge in [-0.15, -0.1) is 0 Å². The van der Waals surface area contributed by atoms with Gasteiger partial charge in [0, 0.05) is 24.7 Å². The summed E-state index contributed by atoms with van der Waals surface area (Å²) in [6.07, 6.45) is 1.61. The molecule has 1 saturated heterocycles. The molecule has 1 N–H and O–H groups in total. The van der Waals surface area contributed by atoms with Gasteiger partial charge in [-0.2, -0.15) is 20.1 Å². The highest BCUT2D eigenvalue weighted by molar-refractivity contribution is 5.84. The maximum Gasteiger partial charge on any atom is 0.322 e. The van der Waals surface area contributed by atoms with Crippen molar-refractivity contribution in [2.75, 3.05) is 58.0 Å². The molecule has 144 valence electrons. The van der Waals surface area contributed by atoms with Crippen LogP contribution in [-0.4, -0.2) is 68.8 Å². The van der Waals surface area contributed by atoms with Gasteiger partial charge in [-0.3, -0.25) is 0 Å². The van der Waals surface area contributed by atoms with Crippen molar-refractivity contribution in [3.63, 3.8) is 0 Å². The van der Waals surface area contributed by atoms with E-state index in [4.69, 9.17) is 18.9 Å². The Morgan fingerprint density at radius 1 is 1.07 bits per heavy atom. The summed E-state index contributed by atoms with van der Waals surface area (Å²) in [5.74, 6) is 2.15. The van der Waals surface area contributed by atoms with Crippen molar-refractivity contribution in [2.45, 2.75) is 0 Å². The van der Waals surface area contributed by atoms with Crippen LogP contribution in [0.25, 0.3) is 0 Å². The van der Waals surface area contributed by atoms with Crippen molar-refractivity contribution in [1.82, 2.24) is 15.0 Å². The van der Waals surface area contributed by atoms with Crippen LogP contribution in [0.4, 0.5) is 11.9 Å². The molecular formula is C17H22N6O4. The second-order valence-electron chi connectivity index (χ2n) is 5.52. The van der Waals surface area contributed by atoms with Crippen LogP contribution in [0.3, 0.4) is 0 Å². The molecule has 0 amide bonds. The SMILES string of the molecule is COc1ccc(C=NNc2nc(OC)nc(N3CCOCC3)n2)c(OC)c1. The highest BCUT2D eigenvalue weighted by atomic mass is 16.5. The summed E-state index contributed by atoms with van der Waals surface area (Å²) in [7, 11) is 4.70. The Morgan fingerprint density at radius 2 is 1.89 bits per heavy atom. The van der Waals surface area contributed by atoms with Crippen molar-refractivity contribution < 1.29 is 18.9 Å². The second kappa shape index (κ2) is 8.99. The first-order valence-corrected chi connectivity index (χ1v) is 8.37. The highest BCUT2D eigenvalue weighted by Crippen LogP contribution is 2.23. The smallest absolute Gasteiger partial charge is 0.322 e. The second-order valence-corrected chi connectivity index (χ2v) is 5.52. The Kier molecular flexibility index (Phi) is 6.21. The van der Waals surface area contributed by atoms with Gasteiger partial charge in [0.1, 0.15) is 11.5 Å². The van der Waals surface area contributed by atoms with E-state index < -0.39 is 0 Å². The number of methoxy groups -OCH3 is 3. The van der Waals surface area contributed by atoms with E-state index in [0.717, 1.165) is 5.56 Å². The molecule has 10 nitrogen and oxygen atoms in total. The predicted molar refractivity (Wildman–Crippen MR) is 100 cm³/mol. The largest absolute Gasteiger partial charge is 0.497 e. The molecule has 1 aliphatic rings. The zero-order valence-corrected chi connectivity index (χ0v) is 15.5. The number of nitrogens with zero attached hydrogens (tertiary/aromatic N) is 5. The van der Waals surface area contributed by atoms with E-state index in [1.54, 1.807) is 26.5 Å². The Labute approximate surface area is 157 Å². The molecule has 2 heterocycles. The lowest BCUT2D eigenvalue weighted by molar-refractivity contribution is 0.122. The van der Waals surface area contributed by atoms with Crippen molar-refractivity contribution in [1.29, 1.82) is 0 Å². The van der Waals surface area contributed by atoms with Gasteiger partial charge in [-0.1, -0.05) is 0 Å². The fourth-order valence-corrected chi connectivity index (χ4v) is 2.48. The molecule has 1 fully saturated rings. The fraction of sp³-hybridized carbons (Fsp3) is 0.412. The quantitative estimate of drug-likeness (QED) is 0.565. The third kappa shape index (κ3) is 4.73. The normalized spacial score (nSPS) is 14.3. The van der Waals surface area contributed by atoms with Gasteiger partial charge in [-0.25, -0.2) is 5.43 Å². The molecule has 1 aromatic heterocycles. The molecule has 0 spiro atoms. The third-order valence-corrected chi connectivity index (χ3v) is 3.89. The van der Waals surface area contributed by atoms with Crippen LogP contribution in [0.2, 0.25) is 0 Å². The van der Waals surface area contributed by atoms with Gasteiger partial charge >= 0.3 is 6.01 Å². The Morgan fingerprint density at radius 3 is 2.59 bits per heavy atom. The summed E-state index contributed by atoms with van der Waals surface area (Å²) in [4.78, 5) is 14.9. The van der Waals surface area contributed by atoms with Gasteiger partial charge in [0.15, 0.2) is 0 Å². The average Bonchev–Trinajstić information content (AvgIpc) is 2.74. The number of hydrogen-bond acceptors (Lipinski definition) is 10. The van der Waals surface area contributed by atoms with Crippen LogP contribution in [-0.2, 0) is 4.74 Å². The van der Waals surface area contributed by atoms with Gasteiger partial charge in [-0.05, 0) is 12.1 Å². The van der Waals surface area contributed by atoms with E-state index in [2.05, 4.69) is 25.5 Å². The predicted octanol–water partition coefficient (Wildman–Crippen LogP) is 1.18. The molecule has 1 aromatic carbocycles. The molecule has 0 atom stereocenters. The topological polar surface area (TPSA) is 103 Å². The van der Waals surface area contributed by atoms with Crippen LogP contribution in [0.1, 0.15) is 5.56 Å². The van der Waals surface area contributed by atoms with E-state index in [9.17, 15) is 0 Å². The summed E-state index contributed by atoms with van der Waals surface area (Å²) < 4.78 is 21.1. The average molecular weight is 374 g/mol. The zero-order valence-electron chi connectivity index (χ0n) is 15.5. The maximum atomic E-state index is 5.36. The van der Waals surface area contributed by atoms with E-state index >= 15 is 0 Å². The van der Waals surface area contributed by atoms with E-state index in [1.807, 2.05) is 17.0 Å². The van der Waals surface area contributed by atoms with E-state index in [1.165, 1.54) is 7.11 Å². The summed E-state index contributed by atoms with van der Waals surface area (Å²) in [6, 6.07) is 5.66. The first kappa shape index (κ1) is 18.6. The number of ether oxygens (including phenoxy) is 4. The molecule has 0 unspecified atom stereocenters. The Hall–Kier alpha value is -3.14. The van der Waals surface area contributed by atoms with Crippen molar-refractivity contribution in [3.05, 3.63) is 23.8 Å². The zero-order chi connectivity index (χ0) is 19.1. The van der Waals surface area contributed by atoms with Gasteiger partial charge in [0.2, 0.25) is 5.95 Å². The lowest BCUT2D eigenvalue weighted by Gasteiger charge is -2.26. The minimum absolute atomic E-state index is 0.214. The number of nitrogens with one attached hydrogen (secondary N) is 1. The highest BCUT2D eigenvalue weighted by Gasteiger charge is 2.16. The Balaban J connectivity index is 1.76. The molecule has 0 radical (unpaired) electrons. The molecule has 0 saturated carbocycles. The van der Waals surface area contributed by atoms with Crippen LogP contribution in [0.5, 0.6) is 17.5 Å². The molecule has 3 rings (SSSR count). The van der Waals surface area contributed by atoms with Crippen LogP contribution in [0, 0.1) is 0 Å². The molecule has 27 heavy (non-hydrogen) atoms. The van der Waals surface area contributed by atoms with Gasteiger partial charge in [0.05, 0.1) is 40.8 Å². The molecule has 1 aliphatic heterocycles. The molecule has 0 aliphatic carbocycles. The lowest BCUT2D eigenvalue weighted by atomic mass is 10.2. The number of anilines is 2. The number of hydrazone groups is 1. The number of hydrogen-bond donors (Lipinski definition) is 1. The van der Waals surface area contributed by atoms with Gasteiger partial charge in [0.25, 0.3) is 5.95 Å². The first-order chi connectivity index (χ1) is 13.2. The third-order valence-electron chi connectivity index (χ3n) is 3.89. The molecule has 10 heteroatoms. The van der Waals surface area contributed by atoms with Crippen LogP contribution >= 0.6 is 0 Å². The first-order valence-electron chi connectivity index (χ1n) is 8.37. The van der Waals surface area contributed by atoms with E-state index in [-0.39, 0.29) is 12.0 Å². The summed E-state index contributed by atoms with van der Waals surface area (Å²) in [5, 5.41) is 4.19. The van der Waals surface area contributed by atoms with Crippen LogP contribution < -0.4 is 24.5 Å². The monoisotopic (exact) mass is 374 g/mol. The molecular weight excluding hydrogens is 352 g/mol. The van der Waals surface area contributed by atoms with Crippen molar-refractivity contribution in [3.8, 4) is 17.5 Å². The minimum Gasteiger partial charge on any atom is -0.497 e. The van der Waals surface area contributed by atoms with Crippen molar-refractivity contribution in [2.24, 2.45) is 5.10 Å². The lowest BCUT2D eigenvalue weighted by Crippen LogP contribution is -2.37. The van der Waals surface area contributed by atoms with Crippen molar-refractivity contribution >= 4 is 18.1 Å². The molecule has 2 aromatic rings. The molecule has 0 bridgehead atoms. The standard InChI is InChI=1S/C17H22N6O4/c1-24-13-5-4-12(14(10-13)25-2)11-18-22-15-19-16(21-17(20-15)26-3)23-6-8-27-9-7-23/h4-5,10-11H,6-9H2,1-3H3,(H,19,20,21,22). The maximum absolute atomic E-state index is 5.36. The minimum atomic E-state index is 0.214. The number of aromatic nitrogens is 3. The fourth-order valence-electron chi connectivity index (χ4n) is 2.48. The van der Waals surface area contributed by atoms with Gasteiger partial charge < -0.3 is 23.8 Å².